The molecule has 0 aromatic heterocycles. The second-order valence-corrected chi connectivity index (χ2v) is 7.68. The Balaban J connectivity index is 2.08. The standard InChI is InChI=1S/C17H13Cl2P/c18-15-11-12-16(17(15)19)20(13-7-3-1-4-8-13)14-9-5-2-6-10-14/h1-12,16H. The molecule has 0 aliphatic heterocycles. The fraction of sp³-hybridized carbons (Fsp3) is 0.0588. The molecular formula is C17H13Cl2P. The molecule has 0 amide bonds. The Kier molecular flexibility index (Phi) is 4.27. The Morgan fingerprint density at radius 3 is 1.65 bits per heavy atom. The minimum absolute atomic E-state index is 0.170. The number of halogens is 2. The summed E-state index contributed by atoms with van der Waals surface area (Å²) in [5.41, 5.74) is 0.170. The lowest BCUT2D eigenvalue weighted by molar-refractivity contribution is 1.40. The van der Waals surface area contributed by atoms with Crippen LogP contribution in [0.2, 0.25) is 0 Å². The van der Waals surface area contributed by atoms with Crippen LogP contribution in [0.5, 0.6) is 0 Å². The highest BCUT2D eigenvalue weighted by Gasteiger charge is 2.29. The molecule has 0 fully saturated rings. The first-order valence-electron chi connectivity index (χ1n) is 6.40. The van der Waals surface area contributed by atoms with E-state index in [2.05, 4.69) is 54.6 Å². The fourth-order valence-corrected chi connectivity index (χ4v) is 5.57. The molecule has 3 rings (SSSR count). The van der Waals surface area contributed by atoms with Gasteiger partial charge < -0.3 is 0 Å². The maximum absolute atomic E-state index is 6.42. The molecule has 0 saturated carbocycles. The van der Waals surface area contributed by atoms with E-state index in [-0.39, 0.29) is 5.66 Å². The van der Waals surface area contributed by atoms with Crippen LogP contribution in [0.4, 0.5) is 0 Å². The van der Waals surface area contributed by atoms with E-state index >= 15 is 0 Å². The number of rotatable bonds is 3. The first-order valence-corrected chi connectivity index (χ1v) is 8.57. The third-order valence-corrected chi connectivity index (χ3v) is 6.97. The molecule has 0 saturated heterocycles. The Labute approximate surface area is 130 Å². The Bertz CT molecular complexity index is 608. The van der Waals surface area contributed by atoms with Crippen LogP contribution in [-0.4, -0.2) is 5.66 Å². The number of allylic oxidation sites excluding steroid dienone is 4. The SMILES string of the molecule is ClC1=C(Cl)C(P(c2ccccc2)c2ccccc2)C=C1. The Morgan fingerprint density at radius 2 is 1.25 bits per heavy atom. The van der Waals surface area contributed by atoms with Crippen molar-refractivity contribution in [3.8, 4) is 0 Å². The fourth-order valence-electron chi connectivity index (χ4n) is 2.33. The predicted molar refractivity (Wildman–Crippen MR) is 90.7 cm³/mol. The molecule has 1 unspecified atom stereocenters. The molecule has 0 spiro atoms. The number of benzene rings is 2. The number of hydrogen-bond donors (Lipinski definition) is 0. The lowest BCUT2D eigenvalue weighted by Gasteiger charge is -2.24. The summed E-state index contributed by atoms with van der Waals surface area (Å²) in [5.74, 6) is 0. The van der Waals surface area contributed by atoms with Crippen molar-refractivity contribution in [2.24, 2.45) is 0 Å². The highest BCUT2D eigenvalue weighted by molar-refractivity contribution is 7.74. The van der Waals surface area contributed by atoms with Gasteiger partial charge in [-0.25, -0.2) is 0 Å². The Morgan fingerprint density at radius 1 is 0.750 bits per heavy atom. The van der Waals surface area contributed by atoms with Gasteiger partial charge in [-0.3, -0.25) is 0 Å². The van der Waals surface area contributed by atoms with E-state index < -0.39 is 7.92 Å². The second kappa shape index (κ2) is 6.14. The molecule has 2 aromatic rings. The molecule has 2 aromatic carbocycles. The van der Waals surface area contributed by atoms with Crippen LogP contribution in [-0.2, 0) is 0 Å². The van der Waals surface area contributed by atoms with Crippen LogP contribution in [0.1, 0.15) is 0 Å². The summed E-state index contributed by atoms with van der Waals surface area (Å²) in [6.45, 7) is 0. The monoisotopic (exact) mass is 318 g/mol. The highest BCUT2D eigenvalue weighted by atomic mass is 35.5. The predicted octanol–water partition coefficient (Wildman–Crippen LogP) is 4.75. The van der Waals surface area contributed by atoms with Gasteiger partial charge in [0.2, 0.25) is 0 Å². The maximum Gasteiger partial charge on any atom is 0.0558 e. The molecule has 100 valence electrons. The largest absolute Gasteiger partial charge is 0.0865 e. The topological polar surface area (TPSA) is 0 Å². The zero-order valence-electron chi connectivity index (χ0n) is 10.7. The molecule has 1 atom stereocenters. The van der Waals surface area contributed by atoms with Crippen molar-refractivity contribution in [1.82, 2.24) is 0 Å². The Hall–Kier alpha value is -1.07. The average Bonchev–Trinajstić information content (AvgIpc) is 2.82. The van der Waals surface area contributed by atoms with Crippen molar-refractivity contribution in [1.29, 1.82) is 0 Å². The van der Waals surface area contributed by atoms with Crippen molar-refractivity contribution in [3.05, 3.63) is 82.9 Å². The van der Waals surface area contributed by atoms with Gasteiger partial charge in [0.05, 0.1) is 5.03 Å². The third-order valence-electron chi connectivity index (χ3n) is 3.26. The first kappa shape index (κ1) is 13.9. The molecule has 20 heavy (non-hydrogen) atoms. The minimum atomic E-state index is -0.579. The summed E-state index contributed by atoms with van der Waals surface area (Å²) in [4.78, 5) is 0. The summed E-state index contributed by atoms with van der Waals surface area (Å²) in [6, 6.07) is 21.1. The molecular weight excluding hydrogens is 306 g/mol. The smallest absolute Gasteiger partial charge is 0.0558 e. The second-order valence-electron chi connectivity index (χ2n) is 4.54. The van der Waals surface area contributed by atoms with Crippen LogP contribution < -0.4 is 10.6 Å². The van der Waals surface area contributed by atoms with Gasteiger partial charge in [0.25, 0.3) is 0 Å². The van der Waals surface area contributed by atoms with Gasteiger partial charge >= 0.3 is 0 Å². The average molecular weight is 319 g/mol. The third kappa shape index (κ3) is 2.69. The number of hydrogen-bond acceptors (Lipinski definition) is 0. The van der Waals surface area contributed by atoms with Crippen LogP contribution in [0, 0.1) is 0 Å². The van der Waals surface area contributed by atoms with Gasteiger partial charge in [-0.1, -0.05) is 89.9 Å². The van der Waals surface area contributed by atoms with Gasteiger partial charge in [-0.05, 0) is 24.6 Å². The molecule has 0 nitrogen and oxygen atoms in total. The van der Waals surface area contributed by atoms with Gasteiger partial charge in [-0.15, -0.1) is 0 Å². The molecule has 1 aliphatic rings. The molecule has 0 bridgehead atoms. The van der Waals surface area contributed by atoms with Crippen molar-refractivity contribution >= 4 is 41.7 Å². The molecule has 1 aliphatic carbocycles. The zero-order valence-corrected chi connectivity index (χ0v) is 13.1. The molecule has 0 N–H and O–H groups in total. The molecule has 0 heterocycles. The quantitative estimate of drug-likeness (QED) is 0.717. The van der Waals surface area contributed by atoms with Crippen molar-refractivity contribution in [2.45, 2.75) is 5.66 Å². The van der Waals surface area contributed by atoms with E-state index in [4.69, 9.17) is 23.2 Å². The summed E-state index contributed by atoms with van der Waals surface area (Å²) in [6.07, 6.45) is 4.03. The van der Waals surface area contributed by atoms with Gasteiger partial charge in [0.1, 0.15) is 0 Å². The van der Waals surface area contributed by atoms with Crippen LogP contribution in [0.25, 0.3) is 0 Å². The van der Waals surface area contributed by atoms with E-state index in [1.165, 1.54) is 10.6 Å². The van der Waals surface area contributed by atoms with Crippen LogP contribution in [0.15, 0.2) is 82.9 Å². The minimum Gasteiger partial charge on any atom is -0.0865 e. The van der Waals surface area contributed by atoms with Gasteiger partial charge in [0.15, 0.2) is 0 Å². The van der Waals surface area contributed by atoms with Crippen molar-refractivity contribution in [3.63, 3.8) is 0 Å². The molecule has 0 radical (unpaired) electrons. The van der Waals surface area contributed by atoms with E-state index in [9.17, 15) is 0 Å². The van der Waals surface area contributed by atoms with Crippen LogP contribution in [0.3, 0.4) is 0 Å². The lowest BCUT2D eigenvalue weighted by Crippen LogP contribution is -2.19. The summed E-state index contributed by atoms with van der Waals surface area (Å²) in [5, 5.41) is 4.04. The first-order chi connectivity index (χ1) is 9.77. The van der Waals surface area contributed by atoms with E-state index in [1.807, 2.05) is 18.2 Å². The molecule has 3 heteroatoms. The zero-order chi connectivity index (χ0) is 13.9. The van der Waals surface area contributed by atoms with Gasteiger partial charge in [-0.2, -0.15) is 0 Å². The maximum atomic E-state index is 6.42. The summed E-state index contributed by atoms with van der Waals surface area (Å²) in [7, 11) is -0.579. The summed E-state index contributed by atoms with van der Waals surface area (Å²) < 4.78 is 0. The van der Waals surface area contributed by atoms with Crippen LogP contribution >= 0.6 is 31.1 Å². The lowest BCUT2D eigenvalue weighted by atomic mass is 10.4. The van der Waals surface area contributed by atoms with E-state index in [1.54, 1.807) is 0 Å². The van der Waals surface area contributed by atoms with Gasteiger partial charge in [0, 0.05) is 10.7 Å². The van der Waals surface area contributed by atoms with E-state index in [0.29, 0.717) is 5.03 Å². The normalized spacial score (nSPS) is 18.1. The highest BCUT2D eigenvalue weighted by Crippen LogP contribution is 2.48. The summed E-state index contributed by atoms with van der Waals surface area (Å²) >= 11 is 12.6. The van der Waals surface area contributed by atoms with E-state index in [0.717, 1.165) is 5.03 Å². The van der Waals surface area contributed by atoms with Crippen molar-refractivity contribution < 1.29 is 0 Å². The van der Waals surface area contributed by atoms with Crippen molar-refractivity contribution in [2.75, 3.05) is 0 Å².